The highest BCUT2D eigenvalue weighted by Crippen LogP contribution is 2.27. The minimum absolute atomic E-state index is 0.137. The van der Waals surface area contributed by atoms with Crippen LogP contribution in [0.3, 0.4) is 0 Å². The molecule has 7 nitrogen and oxygen atoms in total. The van der Waals surface area contributed by atoms with Crippen molar-refractivity contribution in [2.24, 2.45) is 0 Å². The van der Waals surface area contributed by atoms with Gasteiger partial charge in [-0.25, -0.2) is 10.5 Å². The summed E-state index contributed by atoms with van der Waals surface area (Å²) in [5.41, 5.74) is 2.54. The number of carbonyl (C=O) groups is 1. The Morgan fingerprint density at radius 3 is 2.84 bits per heavy atom. The smallest absolute Gasteiger partial charge is 0.262 e. The van der Waals surface area contributed by atoms with Gasteiger partial charge in [-0.2, -0.15) is 0 Å². The Labute approximate surface area is 124 Å². The maximum atomic E-state index is 11.0. The number of rotatable bonds is 4. The van der Waals surface area contributed by atoms with Crippen molar-refractivity contribution in [2.75, 3.05) is 11.9 Å². The molecular formula is C10H10Br2N4O3. The van der Waals surface area contributed by atoms with Crippen molar-refractivity contribution in [3.05, 3.63) is 26.9 Å². The summed E-state index contributed by atoms with van der Waals surface area (Å²) in [4.78, 5) is 15.3. The number of nitrogens with zero attached hydrogens (tertiary/aromatic N) is 2. The molecule has 0 aromatic carbocycles. The lowest BCUT2D eigenvalue weighted by Crippen LogP contribution is -2.27. The van der Waals surface area contributed by atoms with E-state index in [1.807, 2.05) is 6.07 Å². The zero-order valence-electron chi connectivity index (χ0n) is 9.52. The van der Waals surface area contributed by atoms with Crippen molar-refractivity contribution in [1.82, 2.24) is 14.9 Å². The number of hydroxylamine groups is 1. The minimum Gasteiger partial charge on any atom is -0.390 e. The SMILES string of the molecule is O=C(CNc1c(CO)nc2c(Br)cc(Br)cn12)NO. The molecule has 2 aromatic rings. The first kappa shape index (κ1) is 14.3. The van der Waals surface area contributed by atoms with E-state index in [0.717, 1.165) is 8.95 Å². The Hall–Kier alpha value is -1.16. The molecule has 19 heavy (non-hydrogen) atoms. The number of imidazole rings is 1. The molecule has 0 aliphatic carbocycles. The molecule has 0 radical (unpaired) electrons. The maximum Gasteiger partial charge on any atom is 0.262 e. The number of amides is 1. The van der Waals surface area contributed by atoms with Crippen LogP contribution in [0, 0.1) is 0 Å². The van der Waals surface area contributed by atoms with Gasteiger partial charge < -0.3 is 10.4 Å². The lowest BCUT2D eigenvalue weighted by Gasteiger charge is -2.07. The number of hydrogen-bond acceptors (Lipinski definition) is 5. The molecule has 2 heterocycles. The number of pyridine rings is 1. The highest BCUT2D eigenvalue weighted by molar-refractivity contribution is 9.11. The number of carbonyl (C=O) groups excluding carboxylic acids is 1. The Bertz CT molecular complexity index is 629. The summed E-state index contributed by atoms with van der Waals surface area (Å²) in [6, 6.07) is 1.83. The van der Waals surface area contributed by atoms with E-state index in [2.05, 4.69) is 42.2 Å². The van der Waals surface area contributed by atoms with Gasteiger partial charge in [-0.1, -0.05) is 0 Å². The van der Waals surface area contributed by atoms with Crippen molar-refractivity contribution < 1.29 is 15.1 Å². The summed E-state index contributed by atoms with van der Waals surface area (Å²) in [6.07, 6.45) is 1.76. The summed E-state index contributed by atoms with van der Waals surface area (Å²) in [7, 11) is 0. The minimum atomic E-state index is -0.590. The number of anilines is 1. The van der Waals surface area contributed by atoms with Crippen LogP contribution >= 0.6 is 31.9 Å². The van der Waals surface area contributed by atoms with E-state index in [4.69, 9.17) is 5.21 Å². The monoisotopic (exact) mass is 392 g/mol. The maximum absolute atomic E-state index is 11.0. The fourth-order valence-electron chi connectivity index (χ4n) is 1.62. The first-order chi connectivity index (χ1) is 9.06. The Balaban J connectivity index is 2.47. The van der Waals surface area contributed by atoms with Gasteiger partial charge in [0.15, 0.2) is 5.65 Å². The van der Waals surface area contributed by atoms with E-state index >= 15 is 0 Å². The molecule has 102 valence electrons. The molecule has 0 saturated heterocycles. The highest BCUT2D eigenvalue weighted by Gasteiger charge is 2.14. The lowest BCUT2D eigenvalue weighted by molar-refractivity contribution is -0.127. The van der Waals surface area contributed by atoms with Gasteiger partial charge in [-0.05, 0) is 37.9 Å². The average Bonchev–Trinajstić information content (AvgIpc) is 2.74. The molecule has 0 saturated carbocycles. The third-order valence-corrected chi connectivity index (χ3v) is 3.42. The standard InChI is InChI=1S/C10H10Br2N4O3/c11-5-1-6(12)9-14-7(4-17)10(16(9)3-5)13-2-8(18)15-19/h1,3,13,17,19H,2,4H2,(H,15,18). The molecule has 0 spiro atoms. The summed E-state index contributed by atoms with van der Waals surface area (Å²) >= 11 is 6.73. The van der Waals surface area contributed by atoms with Crippen molar-refractivity contribution in [3.63, 3.8) is 0 Å². The molecular weight excluding hydrogens is 384 g/mol. The first-order valence-electron chi connectivity index (χ1n) is 5.20. The van der Waals surface area contributed by atoms with Gasteiger partial charge >= 0.3 is 0 Å². The summed E-state index contributed by atoms with van der Waals surface area (Å²) in [5, 5.41) is 20.6. The molecule has 0 unspecified atom stereocenters. The molecule has 9 heteroatoms. The second kappa shape index (κ2) is 5.87. The van der Waals surface area contributed by atoms with Crippen LogP contribution in [0.1, 0.15) is 5.69 Å². The quantitative estimate of drug-likeness (QED) is 0.463. The molecule has 0 atom stereocenters. The summed E-state index contributed by atoms with van der Waals surface area (Å²) < 4.78 is 3.25. The van der Waals surface area contributed by atoms with Crippen LogP contribution in [-0.2, 0) is 11.4 Å². The number of hydrogen-bond donors (Lipinski definition) is 4. The Morgan fingerprint density at radius 1 is 1.47 bits per heavy atom. The number of nitrogens with one attached hydrogen (secondary N) is 2. The molecule has 2 rings (SSSR count). The molecule has 4 N–H and O–H groups in total. The van der Waals surface area contributed by atoms with Crippen molar-refractivity contribution >= 4 is 49.2 Å². The molecule has 0 bridgehead atoms. The van der Waals surface area contributed by atoms with Gasteiger partial charge in [0.25, 0.3) is 5.91 Å². The molecule has 0 fully saturated rings. The van der Waals surface area contributed by atoms with Crippen LogP contribution in [0.15, 0.2) is 21.2 Å². The predicted molar refractivity (Wildman–Crippen MR) is 74.9 cm³/mol. The fraction of sp³-hybridized carbons (Fsp3) is 0.200. The van der Waals surface area contributed by atoms with E-state index in [1.54, 1.807) is 10.6 Å². The van der Waals surface area contributed by atoms with Gasteiger partial charge in [0, 0.05) is 10.7 Å². The summed E-state index contributed by atoms with van der Waals surface area (Å²) in [6.45, 7) is -0.407. The van der Waals surface area contributed by atoms with Crippen LogP contribution in [0.2, 0.25) is 0 Å². The van der Waals surface area contributed by atoms with E-state index < -0.39 is 5.91 Å². The predicted octanol–water partition coefficient (Wildman–Crippen LogP) is 1.27. The largest absolute Gasteiger partial charge is 0.390 e. The fourth-order valence-corrected chi connectivity index (χ4v) is 2.89. The van der Waals surface area contributed by atoms with Crippen molar-refractivity contribution in [3.8, 4) is 0 Å². The van der Waals surface area contributed by atoms with Gasteiger partial charge in [-0.15, -0.1) is 0 Å². The highest BCUT2D eigenvalue weighted by atomic mass is 79.9. The van der Waals surface area contributed by atoms with Gasteiger partial charge in [0.1, 0.15) is 11.5 Å². The summed E-state index contributed by atoms with van der Waals surface area (Å²) in [5.74, 6) is -0.101. The topological polar surface area (TPSA) is 98.9 Å². The van der Waals surface area contributed by atoms with E-state index in [1.165, 1.54) is 5.48 Å². The van der Waals surface area contributed by atoms with Gasteiger partial charge in [0.05, 0.1) is 17.6 Å². The number of aliphatic hydroxyl groups is 1. The Kier molecular flexibility index (Phi) is 4.40. The van der Waals surface area contributed by atoms with Crippen molar-refractivity contribution in [2.45, 2.75) is 6.61 Å². The van der Waals surface area contributed by atoms with E-state index in [9.17, 15) is 9.90 Å². The second-order valence-electron chi connectivity index (χ2n) is 3.65. The lowest BCUT2D eigenvalue weighted by atomic mass is 10.4. The third-order valence-electron chi connectivity index (χ3n) is 2.40. The van der Waals surface area contributed by atoms with Crippen molar-refractivity contribution in [1.29, 1.82) is 0 Å². The van der Waals surface area contributed by atoms with Crippen LogP contribution in [0.5, 0.6) is 0 Å². The van der Waals surface area contributed by atoms with Crippen LogP contribution < -0.4 is 10.8 Å². The molecule has 1 amide bonds. The normalized spacial score (nSPS) is 10.7. The van der Waals surface area contributed by atoms with E-state index in [-0.39, 0.29) is 13.2 Å². The number of aromatic nitrogens is 2. The zero-order valence-corrected chi connectivity index (χ0v) is 12.7. The van der Waals surface area contributed by atoms with Crippen LogP contribution in [0.4, 0.5) is 5.82 Å². The first-order valence-corrected chi connectivity index (χ1v) is 6.79. The van der Waals surface area contributed by atoms with Crippen LogP contribution in [-0.4, -0.2) is 32.2 Å². The molecule has 2 aromatic heterocycles. The third kappa shape index (κ3) is 2.89. The van der Waals surface area contributed by atoms with Gasteiger partial charge in [0.2, 0.25) is 0 Å². The van der Waals surface area contributed by atoms with Gasteiger partial charge in [-0.3, -0.25) is 14.4 Å². The van der Waals surface area contributed by atoms with E-state index in [0.29, 0.717) is 17.2 Å². The number of fused-ring (bicyclic) bond motifs is 1. The molecule has 0 aliphatic heterocycles. The number of aliphatic hydroxyl groups excluding tert-OH is 1. The number of halogens is 2. The Morgan fingerprint density at radius 2 is 2.21 bits per heavy atom. The molecule has 0 aliphatic rings. The zero-order chi connectivity index (χ0) is 14.0. The average molecular weight is 394 g/mol. The second-order valence-corrected chi connectivity index (χ2v) is 5.42. The van der Waals surface area contributed by atoms with Crippen LogP contribution in [0.25, 0.3) is 5.65 Å².